The molecule has 0 radical (unpaired) electrons. The van der Waals surface area contributed by atoms with Gasteiger partial charge in [-0.25, -0.2) is 0 Å². The molecule has 11 nitrogen and oxygen atoms in total. The van der Waals surface area contributed by atoms with E-state index < -0.39 is 5.92 Å². The fourth-order valence-electron chi connectivity index (χ4n) is 6.43. The molecule has 42 heavy (non-hydrogen) atoms. The van der Waals surface area contributed by atoms with Crippen molar-refractivity contribution in [3.8, 4) is 0 Å². The van der Waals surface area contributed by atoms with Gasteiger partial charge in [0, 0.05) is 51.5 Å². The molecule has 232 valence electrons. The van der Waals surface area contributed by atoms with Crippen molar-refractivity contribution in [1.29, 1.82) is 0 Å². The van der Waals surface area contributed by atoms with Crippen LogP contribution < -0.4 is 10.6 Å². The summed E-state index contributed by atoms with van der Waals surface area (Å²) in [5.41, 5.74) is 0.861. The Labute approximate surface area is 248 Å². The smallest absolute Gasteiger partial charge is 0.308 e. The van der Waals surface area contributed by atoms with E-state index in [-0.39, 0.29) is 60.3 Å². The minimum absolute atomic E-state index is 0.0403. The zero-order valence-corrected chi connectivity index (χ0v) is 24.9. The molecule has 11 heteroatoms. The molecule has 3 fully saturated rings. The van der Waals surface area contributed by atoms with E-state index in [1.807, 2.05) is 12.1 Å². The number of pyridine rings is 1. The van der Waals surface area contributed by atoms with E-state index in [0.717, 1.165) is 56.9 Å². The van der Waals surface area contributed by atoms with Crippen molar-refractivity contribution in [3.05, 3.63) is 30.1 Å². The Morgan fingerprint density at radius 2 is 1.69 bits per heavy atom. The second kappa shape index (κ2) is 16.0. The topological polar surface area (TPSA) is 136 Å². The lowest BCUT2D eigenvalue weighted by Gasteiger charge is -2.29. The first-order valence-electron chi connectivity index (χ1n) is 15.4. The fraction of sp³-hybridized carbons (Fsp3) is 0.710. The molecule has 0 aromatic carbocycles. The number of methoxy groups -OCH3 is 1. The summed E-state index contributed by atoms with van der Waals surface area (Å²) in [5, 5.41) is 6.04. The van der Waals surface area contributed by atoms with E-state index in [1.165, 1.54) is 7.11 Å². The number of ether oxygens (including phenoxy) is 3. The summed E-state index contributed by atoms with van der Waals surface area (Å²) in [6.07, 6.45) is 11.8. The van der Waals surface area contributed by atoms with Crippen LogP contribution in [-0.4, -0.2) is 85.7 Å². The molecule has 2 saturated carbocycles. The number of nitrogens with zero attached hydrogens (tertiary/aromatic N) is 2. The van der Waals surface area contributed by atoms with Crippen molar-refractivity contribution in [2.24, 2.45) is 11.8 Å². The van der Waals surface area contributed by atoms with Crippen molar-refractivity contribution in [3.63, 3.8) is 0 Å². The van der Waals surface area contributed by atoms with Crippen LogP contribution in [-0.2, 0) is 33.4 Å². The van der Waals surface area contributed by atoms with Gasteiger partial charge in [0.25, 0.3) is 0 Å². The first-order valence-corrected chi connectivity index (χ1v) is 15.4. The van der Waals surface area contributed by atoms with Crippen LogP contribution in [0.15, 0.2) is 24.5 Å². The van der Waals surface area contributed by atoms with Gasteiger partial charge in [0.1, 0.15) is 0 Å². The van der Waals surface area contributed by atoms with Crippen LogP contribution >= 0.6 is 0 Å². The Bertz CT molecular complexity index is 1040. The summed E-state index contributed by atoms with van der Waals surface area (Å²) in [4.78, 5) is 55.0. The fourth-order valence-corrected chi connectivity index (χ4v) is 6.43. The number of carbonyl (C=O) groups excluding carboxylic acids is 4. The molecule has 0 unspecified atom stereocenters. The molecule has 1 saturated heterocycles. The van der Waals surface area contributed by atoms with E-state index >= 15 is 0 Å². The molecule has 1 aromatic heterocycles. The zero-order chi connectivity index (χ0) is 29.9. The van der Waals surface area contributed by atoms with Gasteiger partial charge in [0.05, 0.1) is 43.8 Å². The maximum absolute atomic E-state index is 12.9. The van der Waals surface area contributed by atoms with Crippen molar-refractivity contribution in [2.45, 2.75) is 94.9 Å². The Morgan fingerprint density at radius 3 is 2.33 bits per heavy atom. The highest BCUT2D eigenvalue weighted by molar-refractivity contribution is 5.90. The van der Waals surface area contributed by atoms with Gasteiger partial charge in [-0.2, -0.15) is 0 Å². The van der Waals surface area contributed by atoms with Crippen LogP contribution in [0.1, 0.15) is 82.2 Å². The van der Waals surface area contributed by atoms with Gasteiger partial charge >= 0.3 is 5.97 Å². The van der Waals surface area contributed by atoms with Crippen LogP contribution in [0, 0.1) is 11.8 Å². The number of carbonyl (C=O) groups is 4. The molecule has 4 rings (SSSR count). The molecule has 0 spiro atoms. The van der Waals surface area contributed by atoms with Crippen molar-refractivity contribution >= 4 is 23.7 Å². The maximum Gasteiger partial charge on any atom is 0.308 e. The number of likely N-dealkylation sites (tertiary alicyclic amines) is 1. The Hall–Kier alpha value is -3.05. The number of amides is 3. The third kappa shape index (κ3) is 8.97. The molecule has 3 aliphatic rings. The zero-order valence-electron chi connectivity index (χ0n) is 24.9. The van der Waals surface area contributed by atoms with Gasteiger partial charge in [-0.1, -0.05) is 6.07 Å². The molecule has 2 atom stereocenters. The predicted octanol–water partition coefficient (Wildman–Crippen LogP) is 2.69. The quantitative estimate of drug-likeness (QED) is 0.266. The maximum atomic E-state index is 12.9. The molecule has 1 aliphatic heterocycles. The lowest BCUT2D eigenvalue weighted by molar-refractivity contribution is -0.146. The van der Waals surface area contributed by atoms with Crippen LogP contribution in [0.25, 0.3) is 0 Å². The van der Waals surface area contributed by atoms with E-state index in [4.69, 9.17) is 14.2 Å². The molecular formula is C31H46N4O7. The van der Waals surface area contributed by atoms with Crippen LogP contribution in [0.4, 0.5) is 0 Å². The number of esters is 1. The third-order valence-electron chi connectivity index (χ3n) is 8.85. The van der Waals surface area contributed by atoms with Crippen molar-refractivity contribution in [2.75, 3.05) is 33.9 Å². The molecule has 3 amide bonds. The molecule has 0 bridgehead atoms. The van der Waals surface area contributed by atoms with Gasteiger partial charge in [0.15, 0.2) is 0 Å². The van der Waals surface area contributed by atoms with Crippen molar-refractivity contribution < 1.29 is 33.4 Å². The Morgan fingerprint density at radius 1 is 1.00 bits per heavy atom. The summed E-state index contributed by atoms with van der Waals surface area (Å²) in [7, 11) is 3.15. The summed E-state index contributed by atoms with van der Waals surface area (Å²) >= 11 is 0. The van der Waals surface area contributed by atoms with Crippen LogP contribution in [0.2, 0.25) is 0 Å². The summed E-state index contributed by atoms with van der Waals surface area (Å²) in [6.45, 7) is 1.39. The normalized spacial score (nSPS) is 27.9. The highest BCUT2D eigenvalue weighted by Gasteiger charge is 2.42. The number of nitrogens with one attached hydrogen (secondary N) is 2. The van der Waals surface area contributed by atoms with Crippen molar-refractivity contribution in [1.82, 2.24) is 20.5 Å². The largest absolute Gasteiger partial charge is 0.469 e. The highest BCUT2D eigenvalue weighted by Crippen LogP contribution is 2.36. The second-order valence-electron chi connectivity index (χ2n) is 11.7. The molecular weight excluding hydrogens is 540 g/mol. The molecule has 1 aromatic rings. The number of hydrogen-bond acceptors (Lipinski definition) is 8. The molecule has 2 heterocycles. The average molecular weight is 587 g/mol. The van der Waals surface area contributed by atoms with Gasteiger partial charge < -0.3 is 29.7 Å². The Balaban J connectivity index is 1.03. The minimum atomic E-state index is -0.446. The monoisotopic (exact) mass is 586 g/mol. The lowest BCUT2D eigenvalue weighted by Crippen LogP contribution is -2.39. The van der Waals surface area contributed by atoms with Gasteiger partial charge in [-0.3, -0.25) is 24.2 Å². The standard InChI is InChI=1S/C31H46N4O7/c1-35-28(37)19-26(29(35)22-5-3-15-32-20-22)30(38)33-16-18-42-25-13-11-24(12-14-25)41-17-4-6-27(36)34-23-9-7-21(8-10-23)31(39)40-2/h3,5,15,20-21,23-26,29H,4,6-14,16-19H2,1-2H3,(H,33,38)(H,34,36)/t21?,23?,24?,25?,26-,29+/m0/s1. The number of aromatic nitrogens is 1. The second-order valence-corrected chi connectivity index (χ2v) is 11.7. The van der Waals surface area contributed by atoms with Crippen LogP contribution in [0.3, 0.4) is 0 Å². The summed E-state index contributed by atoms with van der Waals surface area (Å²) < 4.78 is 16.9. The number of hydrogen-bond donors (Lipinski definition) is 2. The summed E-state index contributed by atoms with van der Waals surface area (Å²) in [5.74, 6) is -0.771. The third-order valence-corrected chi connectivity index (χ3v) is 8.85. The predicted molar refractivity (Wildman–Crippen MR) is 154 cm³/mol. The van der Waals surface area contributed by atoms with Gasteiger partial charge in [-0.05, 0) is 69.4 Å². The van der Waals surface area contributed by atoms with E-state index in [1.54, 1.807) is 24.3 Å². The number of rotatable bonds is 13. The van der Waals surface area contributed by atoms with E-state index in [2.05, 4.69) is 15.6 Å². The van der Waals surface area contributed by atoms with Gasteiger partial charge in [-0.15, -0.1) is 0 Å². The van der Waals surface area contributed by atoms with Gasteiger partial charge in [0.2, 0.25) is 17.7 Å². The molecule has 2 aliphatic carbocycles. The average Bonchev–Trinajstić information content (AvgIpc) is 3.32. The SMILES string of the molecule is COC(=O)C1CCC(NC(=O)CCCOC2CCC(OCCNC(=O)[C@H]3CC(=O)N(C)[C@@H]3c3cccnc3)CC2)CC1. The lowest BCUT2D eigenvalue weighted by atomic mass is 9.86. The van der Waals surface area contributed by atoms with Crippen LogP contribution in [0.5, 0.6) is 0 Å². The summed E-state index contributed by atoms with van der Waals surface area (Å²) in [6, 6.07) is 3.54. The molecule has 2 N–H and O–H groups in total. The first kappa shape index (κ1) is 31.9. The first-order chi connectivity index (χ1) is 20.4. The Kier molecular flexibility index (Phi) is 12.1. The minimum Gasteiger partial charge on any atom is -0.469 e. The van der Waals surface area contributed by atoms with E-state index in [9.17, 15) is 19.2 Å². The van der Waals surface area contributed by atoms with E-state index in [0.29, 0.717) is 32.6 Å². The highest BCUT2D eigenvalue weighted by atomic mass is 16.5.